The summed E-state index contributed by atoms with van der Waals surface area (Å²) in [5.74, 6) is -0.0108. The Balaban J connectivity index is 1.80. The number of benzene rings is 1. The maximum absolute atomic E-state index is 13.2. The van der Waals surface area contributed by atoms with E-state index in [0.717, 1.165) is 21.0 Å². The molecule has 0 aliphatic heterocycles. The average molecular weight is 462 g/mol. The van der Waals surface area contributed by atoms with Crippen LogP contribution in [0.4, 0.5) is 0 Å². The van der Waals surface area contributed by atoms with Crippen LogP contribution in [-0.4, -0.2) is 30.2 Å². The van der Waals surface area contributed by atoms with E-state index in [-0.39, 0.29) is 29.2 Å². The lowest BCUT2D eigenvalue weighted by Crippen LogP contribution is -2.41. The first kappa shape index (κ1) is 23.0. The smallest absolute Gasteiger partial charge is 0.245 e. The zero-order valence-electron chi connectivity index (χ0n) is 17.5. The van der Waals surface area contributed by atoms with Crippen molar-refractivity contribution in [1.82, 2.24) is 14.6 Å². The Morgan fingerprint density at radius 3 is 2.58 bits per heavy atom. The molecule has 0 fully saturated rings. The van der Waals surface area contributed by atoms with Gasteiger partial charge in [0.15, 0.2) is 0 Å². The lowest BCUT2D eigenvalue weighted by atomic mass is 10.0. The van der Waals surface area contributed by atoms with Crippen LogP contribution in [0.5, 0.6) is 0 Å². The second-order valence-corrected chi connectivity index (χ2v) is 9.63. The van der Waals surface area contributed by atoms with Crippen LogP contribution in [-0.2, 0) is 21.4 Å². The molecule has 0 spiro atoms. The van der Waals surface area contributed by atoms with Gasteiger partial charge in [0.05, 0.1) is 25.4 Å². The Labute approximate surface area is 187 Å². The summed E-state index contributed by atoms with van der Waals surface area (Å²) in [4.78, 5) is 16.6. The van der Waals surface area contributed by atoms with Crippen molar-refractivity contribution in [3.63, 3.8) is 0 Å². The first-order valence-corrected chi connectivity index (χ1v) is 11.5. The molecule has 0 radical (unpaired) electrons. The topological polar surface area (TPSA) is 92.5 Å². The second-order valence-electron chi connectivity index (χ2n) is 7.30. The molecule has 2 heterocycles. The molecule has 1 aromatic carbocycles. The van der Waals surface area contributed by atoms with E-state index in [0.29, 0.717) is 5.76 Å². The van der Waals surface area contributed by atoms with Crippen LogP contribution in [0.15, 0.2) is 64.2 Å². The van der Waals surface area contributed by atoms with Crippen LogP contribution in [0.25, 0.3) is 0 Å². The molecule has 3 rings (SSSR count). The van der Waals surface area contributed by atoms with Gasteiger partial charge in [-0.25, -0.2) is 13.4 Å². The van der Waals surface area contributed by atoms with Crippen LogP contribution in [0, 0.1) is 13.8 Å². The number of nitrogens with zero attached hydrogens (tertiary/aromatic N) is 2. The quantitative estimate of drug-likeness (QED) is 0.511. The lowest BCUT2D eigenvalue weighted by Gasteiger charge is -2.22. The zero-order chi connectivity index (χ0) is 22.6. The molecule has 0 bridgehead atoms. The molecule has 0 aliphatic rings. The lowest BCUT2D eigenvalue weighted by molar-refractivity contribution is -0.122. The van der Waals surface area contributed by atoms with Gasteiger partial charge >= 0.3 is 0 Å². The van der Waals surface area contributed by atoms with Gasteiger partial charge in [-0.2, -0.15) is 4.31 Å². The van der Waals surface area contributed by atoms with Crippen LogP contribution < -0.4 is 5.32 Å². The Morgan fingerprint density at radius 1 is 1.19 bits per heavy atom. The van der Waals surface area contributed by atoms with Crippen molar-refractivity contribution >= 4 is 27.5 Å². The van der Waals surface area contributed by atoms with Gasteiger partial charge in [-0.1, -0.05) is 29.8 Å². The molecule has 31 heavy (non-hydrogen) atoms. The van der Waals surface area contributed by atoms with E-state index in [1.807, 2.05) is 39.0 Å². The fourth-order valence-corrected chi connectivity index (χ4v) is 4.45. The number of aryl methyl sites for hydroxylation is 2. The number of nitrogens with one attached hydrogen (secondary N) is 1. The van der Waals surface area contributed by atoms with Gasteiger partial charge in [-0.15, -0.1) is 0 Å². The van der Waals surface area contributed by atoms with Gasteiger partial charge in [0, 0.05) is 6.20 Å². The van der Waals surface area contributed by atoms with Gasteiger partial charge in [-0.3, -0.25) is 4.79 Å². The molecular weight excluding hydrogens is 438 g/mol. The molecule has 164 valence electrons. The highest BCUT2D eigenvalue weighted by molar-refractivity contribution is 7.89. The Morgan fingerprint density at radius 2 is 1.97 bits per heavy atom. The standard InChI is InChI=1S/C22H24ClN3O4S/c1-15-6-7-18(11-16(15)2)17(3)25-22(27)14-26(13-19-5-4-10-30-19)31(28,29)20-8-9-21(23)24-12-20/h4-12,17H,13-14H2,1-3H3,(H,25,27). The highest BCUT2D eigenvalue weighted by Crippen LogP contribution is 2.20. The predicted octanol–water partition coefficient (Wildman–Crippen LogP) is 4.01. The van der Waals surface area contributed by atoms with Crippen LogP contribution in [0.1, 0.15) is 35.4 Å². The minimum atomic E-state index is -4.01. The summed E-state index contributed by atoms with van der Waals surface area (Å²) in [5, 5.41) is 3.05. The first-order chi connectivity index (χ1) is 14.7. The number of carbonyl (C=O) groups is 1. The van der Waals surface area contributed by atoms with Crippen molar-refractivity contribution in [3.8, 4) is 0 Å². The number of aromatic nitrogens is 1. The molecular formula is C22H24ClN3O4S. The van der Waals surface area contributed by atoms with E-state index in [9.17, 15) is 13.2 Å². The van der Waals surface area contributed by atoms with Crippen molar-refractivity contribution in [2.75, 3.05) is 6.54 Å². The normalized spacial score (nSPS) is 12.7. The minimum absolute atomic E-state index is 0.0570. The van der Waals surface area contributed by atoms with Crippen molar-refractivity contribution < 1.29 is 17.6 Å². The molecule has 7 nitrogen and oxygen atoms in total. The third-order valence-electron chi connectivity index (χ3n) is 4.98. The number of sulfonamides is 1. The maximum atomic E-state index is 13.2. The third-order valence-corrected chi connectivity index (χ3v) is 6.98. The molecule has 0 saturated carbocycles. The number of hydrogen-bond donors (Lipinski definition) is 1. The number of amides is 1. The fourth-order valence-electron chi connectivity index (χ4n) is 3.03. The van der Waals surface area contributed by atoms with Crippen molar-refractivity contribution in [2.45, 2.75) is 38.3 Å². The summed E-state index contributed by atoms with van der Waals surface area (Å²) >= 11 is 5.78. The monoisotopic (exact) mass is 461 g/mol. The largest absolute Gasteiger partial charge is 0.468 e. The number of pyridine rings is 1. The summed E-state index contributed by atoms with van der Waals surface area (Å²) < 4.78 is 32.7. The summed E-state index contributed by atoms with van der Waals surface area (Å²) in [6.07, 6.45) is 2.62. The summed E-state index contributed by atoms with van der Waals surface area (Å²) in [6, 6.07) is 11.7. The Kier molecular flexibility index (Phi) is 7.15. The van der Waals surface area contributed by atoms with Crippen molar-refractivity contribution in [1.29, 1.82) is 0 Å². The highest BCUT2D eigenvalue weighted by Gasteiger charge is 2.28. The van der Waals surface area contributed by atoms with Crippen LogP contribution >= 0.6 is 11.6 Å². The summed E-state index contributed by atoms with van der Waals surface area (Å²) in [5.41, 5.74) is 3.23. The third kappa shape index (κ3) is 5.72. The minimum Gasteiger partial charge on any atom is -0.468 e. The Hall–Kier alpha value is -2.68. The van der Waals surface area contributed by atoms with E-state index in [1.165, 1.54) is 24.6 Å². The fraction of sp³-hybridized carbons (Fsp3) is 0.273. The van der Waals surface area contributed by atoms with E-state index in [1.54, 1.807) is 12.1 Å². The number of hydrogen-bond acceptors (Lipinski definition) is 5. The van der Waals surface area contributed by atoms with Gasteiger partial charge < -0.3 is 9.73 Å². The average Bonchev–Trinajstić information content (AvgIpc) is 3.23. The summed E-state index contributed by atoms with van der Waals surface area (Å²) in [7, 11) is -4.01. The number of rotatable bonds is 8. The highest BCUT2D eigenvalue weighted by atomic mass is 35.5. The van der Waals surface area contributed by atoms with Gasteiger partial charge in [-0.05, 0) is 61.7 Å². The molecule has 1 unspecified atom stereocenters. The molecule has 1 atom stereocenters. The van der Waals surface area contributed by atoms with Gasteiger partial charge in [0.25, 0.3) is 0 Å². The molecule has 3 aromatic rings. The molecule has 1 N–H and O–H groups in total. The van der Waals surface area contributed by atoms with Crippen molar-refractivity contribution in [3.05, 3.63) is 82.5 Å². The van der Waals surface area contributed by atoms with E-state index in [4.69, 9.17) is 16.0 Å². The summed E-state index contributed by atoms with van der Waals surface area (Å²) in [6.45, 7) is 5.41. The number of carbonyl (C=O) groups excluding carboxylic acids is 1. The first-order valence-electron chi connectivity index (χ1n) is 9.67. The molecule has 2 aromatic heterocycles. The van der Waals surface area contributed by atoms with E-state index < -0.39 is 15.9 Å². The molecule has 0 saturated heterocycles. The van der Waals surface area contributed by atoms with Gasteiger partial charge in [0.1, 0.15) is 15.8 Å². The molecule has 0 aliphatic carbocycles. The van der Waals surface area contributed by atoms with Gasteiger partial charge in [0.2, 0.25) is 15.9 Å². The number of furan rings is 1. The van der Waals surface area contributed by atoms with Crippen LogP contribution in [0.2, 0.25) is 5.15 Å². The van der Waals surface area contributed by atoms with Crippen molar-refractivity contribution in [2.24, 2.45) is 0 Å². The molecule has 1 amide bonds. The SMILES string of the molecule is Cc1ccc(C(C)NC(=O)CN(Cc2ccco2)S(=O)(=O)c2ccc(Cl)nc2)cc1C. The number of halogens is 1. The zero-order valence-corrected chi connectivity index (χ0v) is 19.1. The Bertz CT molecular complexity index is 1150. The van der Waals surface area contributed by atoms with Crippen LogP contribution in [0.3, 0.4) is 0 Å². The van der Waals surface area contributed by atoms with E-state index >= 15 is 0 Å². The molecule has 9 heteroatoms. The van der Waals surface area contributed by atoms with E-state index in [2.05, 4.69) is 10.3 Å². The second kappa shape index (κ2) is 9.64. The maximum Gasteiger partial charge on any atom is 0.245 e. The predicted molar refractivity (Wildman–Crippen MR) is 118 cm³/mol.